The zero-order valence-corrected chi connectivity index (χ0v) is 13.9. The van der Waals surface area contributed by atoms with Crippen LogP contribution in [0.1, 0.15) is 32.3 Å². The standard InChI is InChI=1S/C18H31N3/c1-4-17-13-20(3)11-8-12-21(17)15-18(2,14-19)16-9-6-5-7-10-16/h5-7,9-10,17H,4,8,11-15,19H2,1-3H3. The fourth-order valence-corrected chi connectivity index (χ4v) is 3.45. The maximum atomic E-state index is 6.17. The summed E-state index contributed by atoms with van der Waals surface area (Å²) in [6.45, 7) is 9.93. The lowest BCUT2D eigenvalue weighted by atomic mass is 9.81. The quantitative estimate of drug-likeness (QED) is 0.903. The van der Waals surface area contributed by atoms with Gasteiger partial charge in [0.05, 0.1) is 0 Å². The van der Waals surface area contributed by atoms with Crippen LogP contribution < -0.4 is 5.73 Å². The average Bonchev–Trinajstić information content (AvgIpc) is 2.69. The Morgan fingerprint density at radius 3 is 2.57 bits per heavy atom. The van der Waals surface area contributed by atoms with Crippen molar-refractivity contribution >= 4 is 0 Å². The van der Waals surface area contributed by atoms with Gasteiger partial charge in [0.1, 0.15) is 0 Å². The van der Waals surface area contributed by atoms with Crippen molar-refractivity contribution < 1.29 is 0 Å². The summed E-state index contributed by atoms with van der Waals surface area (Å²) in [5.41, 5.74) is 7.57. The fraction of sp³-hybridized carbons (Fsp3) is 0.667. The summed E-state index contributed by atoms with van der Waals surface area (Å²) in [5.74, 6) is 0. The monoisotopic (exact) mass is 289 g/mol. The van der Waals surface area contributed by atoms with Crippen molar-refractivity contribution in [3.05, 3.63) is 35.9 Å². The summed E-state index contributed by atoms with van der Waals surface area (Å²) in [7, 11) is 2.24. The van der Waals surface area contributed by atoms with Gasteiger partial charge in [-0.2, -0.15) is 0 Å². The first-order valence-electron chi connectivity index (χ1n) is 8.27. The fourth-order valence-electron chi connectivity index (χ4n) is 3.45. The van der Waals surface area contributed by atoms with Crippen LogP contribution in [-0.4, -0.2) is 55.6 Å². The molecule has 118 valence electrons. The number of nitrogens with two attached hydrogens (primary N) is 1. The van der Waals surface area contributed by atoms with Crippen LogP contribution in [0.2, 0.25) is 0 Å². The van der Waals surface area contributed by atoms with Crippen LogP contribution in [0.15, 0.2) is 30.3 Å². The molecule has 2 unspecified atom stereocenters. The lowest BCUT2D eigenvalue weighted by molar-refractivity contribution is 0.150. The molecule has 1 heterocycles. The Hall–Kier alpha value is -0.900. The van der Waals surface area contributed by atoms with Gasteiger partial charge in [0, 0.05) is 31.1 Å². The number of hydrogen-bond acceptors (Lipinski definition) is 3. The molecular formula is C18H31N3. The Balaban J connectivity index is 2.16. The minimum absolute atomic E-state index is 0.0393. The van der Waals surface area contributed by atoms with E-state index in [1.54, 1.807) is 0 Å². The van der Waals surface area contributed by atoms with Crippen LogP contribution in [0.4, 0.5) is 0 Å². The highest BCUT2D eigenvalue weighted by molar-refractivity contribution is 5.25. The Labute approximate surface area is 130 Å². The van der Waals surface area contributed by atoms with Crippen molar-refractivity contribution in [2.75, 3.05) is 39.8 Å². The van der Waals surface area contributed by atoms with E-state index in [1.807, 2.05) is 0 Å². The third-order valence-corrected chi connectivity index (χ3v) is 4.97. The van der Waals surface area contributed by atoms with Crippen molar-refractivity contribution in [2.45, 2.75) is 38.1 Å². The van der Waals surface area contributed by atoms with Crippen LogP contribution in [0.25, 0.3) is 0 Å². The van der Waals surface area contributed by atoms with Gasteiger partial charge in [0.2, 0.25) is 0 Å². The molecule has 0 aromatic heterocycles. The molecule has 0 aliphatic carbocycles. The summed E-state index contributed by atoms with van der Waals surface area (Å²) in [5, 5.41) is 0. The van der Waals surface area contributed by atoms with E-state index in [0.717, 1.165) is 6.54 Å². The number of hydrogen-bond donors (Lipinski definition) is 1. The minimum atomic E-state index is 0.0393. The summed E-state index contributed by atoms with van der Waals surface area (Å²) < 4.78 is 0. The van der Waals surface area contributed by atoms with E-state index in [-0.39, 0.29) is 5.41 Å². The van der Waals surface area contributed by atoms with E-state index < -0.39 is 0 Å². The first-order chi connectivity index (χ1) is 10.1. The first-order valence-corrected chi connectivity index (χ1v) is 8.27. The number of rotatable bonds is 5. The van der Waals surface area contributed by atoms with E-state index in [1.165, 1.54) is 38.0 Å². The molecule has 0 radical (unpaired) electrons. The van der Waals surface area contributed by atoms with Gasteiger partial charge < -0.3 is 10.6 Å². The van der Waals surface area contributed by atoms with E-state index in [4.69, 9.17) is 5.73 Å². The zero-order chi connectivity index (χ0) is 15.3. The Kier molecular flexibility index (Phi) is 5.80. The molecule has 1 saturated heterocycles. The van der Waals surface area contributed by atoms with E-state index in [9.17, 15) is 0 Å². The van der Waals surface area contributed by atoms with Crippen LogP contribution in [0.3, 0.4) is 0 Å². The third-order valence-electron chi connectivity index (χ3n) is 4.97. The lowest BCUT2D eigenvalue weighted by Crippen LogP contribution is -2.49. The summed E-state index contributed by atoms with van der Waals surface area (Å²) in [6, 6.07) is 11.4. The van der Waals surface area contributed by atoms with E-state index in [0.29, 0.717) is 12.6 Å². The van der Waals surface area contributed by atoms with Gasteiger partial charge in [-0.1, -0.05) is 44.2 Å². The Morgan fingerprint density at radius 1 is 1.24 bits per heavy atom. The van der Waals surface area contributed by atoms with E-state index >= 15 is 0 Å². The van der Waals surface area contributed by atoms with E-state index in [2.05, 4.69) is 61.0 Å². The topological polar surface area (TPSA) is 32.5 Å². The van der Waals surface area contributed by atoms with Gasteiger partial charge in [0.15, 0.2) is 0 Å². The molecule has 21 heavy (non-hydrogen) atoms. The van der Waals surface area contributed by atoms with Gasteiger partial charge in [-0.05, 0) is 38.5 Å². The van der Waals surface area contributed by atoms with Crippen LogP contribution in [0.5, 0.6) is 0 Å². The molecule has 3 nitrogen and oxygen atoms in total. The smallest absolute Gasteiger partial charge is 0.0220 e. The zero-order valence-electron chi connectivity index (χ0n) is 13.9. The Bertz CT molecular complexity index is 420. The maximum Gasteiger partial charge on any atom is 0.0220 e. The highest BCUT2D eigenvalue weighted by atomic mass is 15.2. The predicted octanol–water partition coefficient (Wildman–Crippen LogP) is 2.32. The predicted molar refractivity (Wildman–Crippen MR) is 90.6 cm³/mol. The molecular weight excluding hydrogens is 258 g/mol. The Morgan fingerprint density at radius 2 is 1.95 bits per heavy atom. The highest BCUT2D eigenvalue weighted by Gasteiger charge is 2.31. The minimum Gasteiger partial charge on any atom is -0.330 e. The molecule has 0 spiro atoms. The summed E-state index contributed by atoms with van der Waals surface area (Å²) >= 11 is 0. The molecule has 1 aliphatic heterocycles. The third kappa shape index (κ3) is 4.06. The molecule has 0 saturated carbocycles. The second-order valence-corrected chi connectivity index (χ2v) is 6.78. The van der Waals surface area contributed by atoms with Gasteiger partial charge >= 0.3 is 0 Å². The molecule has 2 rings (SSSR count). The van der Waals surface area contributed by atoms with Gasteiger partial charge in [-0.15, -0.1) is 0 Å². The molecule has 2 N–H and O–H groups in total. The first kappa shape index (κ1) is 16.5. The molecule has 0 bridgehead atoms. The largest absolute Gasteiger partial charge is 0.330 e. The number of likely N-dealkylation sites (N-methyl/N-ethyl adjacent to an activating group) is 1. The van der Waals surface area contributed by atoms with Crippen LogP contribution in [-0.2, 0) is 5.41 Å². The van der Waals surface area contributed by atoms with Crippen molar-refractivity contribution in [1.82, 2.24) is 9.80 Å². The van der Waals surface area contributed by atoms with Crippen LogP contribution in [0, 0.1) is 0 Å². The number of benzene rings is 1. The average molecular weight is 289 g/mol. The van der Waals surface area contributed by atoms with Crippen molar-refractivity contribution in [3.63, 3.8) is 0 Å². The maximum absolute atomic E-state index is 6.17. The van der Waals surface area contributed by atoms with Crippen LogP contribution >= 0.6 is 0 Å². The highest BCUT2D eigenvalue weighted by Crippen LogP contribution is 2.26. The molecule has 2 atom stereocenters. The molecule has 3 heteroatoms. The SMILES string of the molecule is CCC1CN(C)CCCN1CC(C)(CN)c1ccccc1. The molecule has 0 amide bonds. The molecule has 1 aromatic carbocycles. The lowest BCUT2D eigenvalue weighted by Gasteiger charge is -2.38. The van der Waals surface area contributed by atoms with Crippen molar-refractivity contribution in [2.24, 2.45) is 5.73 Å². The second kappa shape index (κ2) is 7.39. The number of nitrogens with zero attached hydrogens (tertiary/aromatic N) is 2. The normalized spacial score (nSPS) is 24.5. The van der Waals surface area contributed by atoms with Gasteiger partial charge in [-0.25, -0.2) is 0 Å². The second-order valence-electron chi connectivity index (χ2n) is 6.78. The summed E-state index contributed by atoms with van der Waals surface area (Å²) in [4.78, 5) is 5.14. The summed E-state index contributed by atoms with van der Waals surface area (Å²) in [6.07, 6.45) is 2.46. The van der Waals surface area contributed by atoms with Crippen molar-refractivity contribution in [3.8, 4) is 0 Å². The van der Waals surface area contributed by atoms with Gasteiger partial charge in [-0.3, -0.25) is 4.90 Å². The molecule has 1 aliphatic rings. The molecule has 1 fully saturated rings. The van der Waals surface area contributed by atoms with Crippen molar-refractivity contribution in [1.29, 1.82) is 0 Å². The van der Waals surface area contributed by atoms with Gasteiger partial charge in [0.25, 0.3) is 0 Å². The molecule has 1 aromatic rings.